The summed E-state index contributed by atoms with van der Waals surface area (Å²) >= 11 is 0. The molecule has 2 heterocycles. The first kappa shape index (κ1) is 24.3. The van der Waals surface area contributed by atoms with Crippen LogP contribution in [0.2, 0.25) is 0 Å². The summed E-state index contributed by atoms with van der Waals surface area (Å²) in [5.41, 5.74) is 1.69. The summed E-state index contributed by atoms with van der Waals surface area (Å²) in [4.78, 5) is 17.1. The van der Waals surface area contributed by atoms with Gasteiger partial charge in [0.15, 0.2) is 0 Å². The van der Waals surface area contributed by atoms with Crippen LogP contribution in [0.1, 0.15) is 24.0 Å². The fraction of sp³-hybridized carbons (Fsp3) is 0.364. The van der Waals surface area contributed by atoms with Crippen molar-refractivity contribution in [3.8, 4) is 0 Å². The molecule has 0 bridgehead atoms. The molecule has 2 aliphatic heterocycles. The smallest absolute Gasteiger partial charge is 0.263 e. The molecule has 182 valence electrons. The number of fused-ring (bicyclic) bond motifs is 1. The second kappa shape index (κ2) is 9.82. The third-order valence-corrected chi connectivity index (χ3v) is 8.88. The highest BCUT2D eigenvalue weighted by Gasteiger charge is 2.30. The summed E-state index contributed by atoms with van der Waals surface area (Å²) in [5, 5.41) is 2.78. The summed E-state index contributed by atoms with van der Waals surface area (Å²) in [6, 6.07) is 11.3. The molecule has 1 fully saturated rings. The molecule has 1 saturated heterocycles. The predicted molar refractivity (Wildman–Crippen MR) is 127 cm³/mol. The largest absolute Gasteiger partial charge is 0.379 e. The first-order valence-corrected chi connectivity index (χ1v) is 13.8. The first-order valence-electron chi connectivity index (χ1n) is 10.8. The van der Waals surface area contributed by atoms with Gasteiger partial charge in [-0.15, -0.1) is 0 Å². The Hall–Kier alpha value is -2.80. The fourth-order valence-electron chi connectivity index (χ4n) is 3.73. The van der Waals surface area contributed by atoms with E-state index < -0.39 is 20.0 Å². The number of ether oxygens (including phenoxy) is 1. The maximum absolute atomic E-state index is 12.9. The number of anilines is 1. The first-order chi connectivity index (χ1) is 16.2. The maximum atomic E-state index is 12.9. The predicted octanol–water partition coefficient (Wildman–Crippen LogP) is 1.47. The van der Waals surface area contributed by atoms with E-state index in [4.69, 9.17) is 4.74 Å². The highest BCUT2D eigenvalue weighted by molar-refractivity contribution is 7.90. The van der Waals surface area contributed by atoms with Gasteiger partial charge in [0.1, 0.15) is 5.84 Å². The van der Waals surface area contributed by atoms with Gasteiger partial charge in [0.25, 0.3) is 10.0 Å². The van der Waals surface area contributed by atoms with Crippen molar-refractivity contribution in [3.05, 3.63) is 53.6 Å². The number of sulfonamides is 2. The number of nitrogens with zero attached hydrogens (tertiary/aromatic N) is 2. The molecule has 34 heavy (non-hydrogen) atoms. The van der Waals surface area contributed by atoms with E-state index in [1.807, 2.05) is 0 Å². The van der Waals surface area contributed by atoms with Gasteiger partial charge in [0.2, 0.25) is 15.9 Å². The van der Waals surface area contributed by atoms with Crippen LogP contribution in [-0.4, -0.2) is 65.7 Å². The van der Waals surface area contributed by atoms with Gasteiger partial charge in [-0.1, -0.05) is 18.2 Å². The zero-order valence-electron chi connectivity index (χ0n) is 18.7. The number of aliphatic imine (C=N–C) groups is 1. The van der Waals surface area contributed by atoms with Gasteiger partial charge in [-0.3, -0.25) is 14.5 Å². The van der Waals surface area contributed by atoms with Crippen LogP contribution in [0.3, 0.4) is 0 Å². The molecule has 2 aromatic rings. The lowest BCUT2D eigenvalue weighted by Gasteiger charge is -2.26. The van der Waals surface area contributed by atoms with Crippen LogP contribution in [0.25, 0.3) is 0 Å². The van der Waals surface area contributed by atoms with Crippen LogP contribution in [-0.2, 0) is 29.6 Å². The second-order valence-electron chi connectivity index (χ2n) is 7.98. The van der Waals surface area contributed by atoms with Gasteiger partial charge in [-0.25, -0.2) is 16.8 Å². The topological polar surface area (TPSA) is 134 Å². The van der Waals surface area contributed by atoms with Crippen LogP contribution in [0.5, 0.6) is 0 Å². The Bertz CT molecular complexity index is 1330. The number of hydrogen-bond donors (Lipinski definition) is 2. The average Bonchev–Trinajstić information content (AvgIpc) is 3.09. The highest BCUT2D eigenvalue weighted by Crippen LogP contribution is 2.24. The van der Waals surface area contributed by atoms with Crippen molar-refractivity contribution in [2.45, 2.75) is 29.6 Å². The van der Waals surface area contributed by atoms with E-state index in [2.05, 4.69) is 15.0 Å². The number of rotatable bonds is 7. The normalized spacial score (nSPS) is 18.9. The Morgan fingerprint density at radius 1 is 1.18 bits per heavy atom. The minimum atomic E-state index is -3.67. The van der Waals surface area contributed by atoms with Crippen LogP contribution >= 0.6 is 0 Å². The number of hydrogen-bond acceptors (Lipinski definition) is 7. The van der Waals surface area contributed by atoms with Crippen molar-refractivity contribution in [2.24, 2.45) is 4.99 Å². The third-order valence-electron chi connectivity index (χ3n) is 5.59. The van der Waals surface area contributed by atoms with Crippen molar-refractivity contribution >= 4 is 37.5 Å². The number of amidine groups is 1. The van der Waals surface area contributed by atoms with Crippen molar-refractivity contribution in [3.63, 3.8) is 0 Å². The van der Waals surface area contributed by atoms with Crippen LogP contribution in [0.4, 0.5) is 5.69 Å². The third kappa shape index (κ3) is 5.14. The molecule has 0 radical (unpaired) electrons. The van der Waals surface area contributed by atoms with Gasteiger partial charge in [0, 0.05) is 37.3 Å². The molecule has 12 heteroatoms. The van der Waals surface area contributed by atoms with Gasteiger partial charge in [-0.2, -0.15) is 4.31 Å². The van der Waals surface area contributed by atoms with Crippen molar-refractivity contribution in [2.75, 3.05) is 38.2 Å². The number of aryl methyl sites for hydroxylation is 1. The Morgan fingerprint density at radius 2 is 1.91 bits per heavy atom. The molecule has 4 rings (SSSR count). The van der Waals surface area contributed by atoms with Gasteiger partial charge in [-0.05, 0) is 43.2 Å². The molecule has 1 amide bonds. The zero-order valence-corrected chi connectivity index (χ0v) is 20.3. The summed E-state index contributed by atoms with van der Waals surface area (Å²) in [6.07, 6.45) is 0.537. The quantitative estimate of drug-likeness (QED) is 0.546. The summed E-state index contributed by atoms with van der Waals surface area (Å²) in [5.74, 6) is -0.00973. The Labute approximate surface area is 199 Å². The molecule has 0 atom stereocenters. The molecular weight excluding hydrogens is 480 g/mol. The van der Waals surface area contributed by atoms with Crippen LogP contribution in [0.15, 0.2) is 57.2 Å². The number of amides is 1. The molecule has 0 saturated carbocycles. The Morgan fingerprint density at radius 3 is 2.68 bits per heavy atom. The summed E-state index contributed by atoms with van der Waals surface area (Å²) in [6.45, 7) is 3.33. The molecule has 10 nitrogen and oxygen atoms in total. The second-order valence-corrected chi connectivity index (χ2v) is 11.6. The van der Waals surface area contributed by atoms with E-state index in [9.17, 15) is 21.6 Å². The highest BCUT2D eigenvalue weighted by atomic mass is 32.2. The van der Waals surface area contributed by atoms with E-state index >= 15 is 0 Å². The number of carbonyl (C=O) groups excluding carboxylic acids is 1. The van der Waals surface area contributed by atoms with E-state index in [0.29, 0.717) is 44.0 Å². The van der Waals surface area contributed by atoms with Crippen LogP contribution < -0.4 is 10.0 Å². The molecule has 0 spiro atoms. The molecule has 0 aromatic heterocycles. The van der Waals surface area contributed by atoms with Crippen molar-refractivity contribution in [1.82, 2.24) is 9.03 Å². The minimum Gasteiger partial charge on any atom is -0.379 e. The van der Waals surface area contributed by atoms with E-state index in [1.54, 1.807) is 31.2 Å². The number of nitrogens with one attached hydrogen (secondary N) is 2. The fourth-order valence-corrected chi connectivity index (χ4v) is 6.41. The van der Waals surface area contributed by atoms with Gasteiger partial charge >= 0.3 is 0 Å². The van der Waals surface area contributed by atoms with Crippen molar-refractivity contribution in [1.29, 1.82) is 0 Å². The molecule has 2 aliphatic rings. The van der Waals surface area contributed by atoms with Gasteiger partial charge in [0.05, 0.1) is 23.0 Å². The summed E-state index contributed by atoms with van der Waals surface area (Å²) in [7, 11) is -7.27. The molecular formula is C22H26N4O6S2. The lowest BCUT2D eigenvalue weighted by atomic mass is 10.2. The Balaban J connectivity index is 1.37. The lowest BCUT2D eigenvalue weighted by Crippen LogP contribution is -2.40. The van der Waals surface area contributed by atoms with E-state index in [0.717, 1.165) is 5.56 Å². The number of morpholine rings is 1. The number of carbonyl (C=O) groups is 1. The average molecular weight is 507 g/mol. The zero-order chi connectivity index (χ0) is 24.3. The minimum absolute atomic E-state index is 0.119. The number of benzene rings is 2. The maximum Gasteiger partial charge on any atom is 0.263 e. The molecule has 0 unspecified atom stereocenters. The van der Waals surface area contributed by atoms with Crippen LogP contribution in [0, 0.1) is 6.92 Å². The molecule has 2 N–H and O–H groups in total. The van der Waals surface area contributed by atoms with E-state index in [-0.39, 0.29) is 34.5 Å². The molecule has 0 aliphatic carbocycles. The molecule has 2 aromatic carbocycles. The monoisotopic (exact) mass is 506 g/mol. The standard InChI is InChI=1S/C22H26N4O6S2/c1-16-8-9-17(34(30,31)26-11-13-32-14-12-26)15-19(16)24-21(27)7-4-10-23-22-18-5-2-3-6-20(18)33(28,29)25-22/h2-3,5-6,8-9,15H,4,7,10-14H2,1H3,(H,23,25)(H,24,27). The summed E-state index contributed by atoms with van der Waals surface area (Å²) < 4.78 is 59.1. The van der Waals surface area contributed by atoms with E-state index in [1.165, 1.54) is 22.5 Å². The van der Waals surface area contributed by atoms with Crippen molar-refractivity contribution < 1.29 is 26.4 Å². The lowest BCUT2D eigenvalue weighted by molar-refractivity contribution is -0.116. The SMILES string of the molecule is Cc1ccc(S(=O)(=O)N2CCOCC2)cc1NC(=O)CCCN=C1NS(=O)(=O)c2ccccc21. The van der Waals surface area contributed by atoms with Gasteiger partial charge < -0.3 is 10.1 Å². The Kier molecular flexibility index (Phi) is 7.03.